The molecule has 0 aromatic rings. The van der Waals surface area contributed by atoms with Gasteiger partial charge in [0.2, 0.25) is 0 Å². The molecule has 0 aromatic carbocycles. The maximum absolute atomic E-state index is 6.75. The molecule has 0 aliphatic rings. The maximum atomic E-state index is 6.75. The Hall–Kier alpha value is 0.387. The van der Waals surface area contributed by atoms with Crippen molar-refractivity contribution in [2.75, 3.05) is 19.8 Å². The Morgan fingerprint density at radius 3 is 0.733 bits per heavy atom. The highest BCUT2D eigenvalue weighted by Crippen LogP contribution is 2.25. The van der Waals surface area contributed by atoms with E-state index in [2.05, 4.69) is 6.92 Å². The molecular weight excluding hydrogens is 592 g/mol. The second-order valence-electron chi connectivity index (χ2n) is 13.8. The molecule has 0 rings (SSSR count). The van der Waals surface area contributed by atoms with Crippen LogP contribution in [0.15, 0.2) is 0 Å². The highest BCUT2D eigenvalue weighted by molar-refractivity contribution is 6.71. The lowest BCUT2D eigenvalue weighted by Gasteiger charge is -2.32. The van der Waals surface area contributed by atoms with Gasteiger partial charge in [0.25, 0.3) is 0 Å². The van der Waals surface area contributed by atoms with Crippen LogP contribution in [0.25, 0.3) is 0 Å². The molecule has 5 heteroatoms. The van der Waals surface area contributed by atoms with Gasteiger partial charge in [0.1, 0.15) is 5.00 Å². The summed E-state index contributed by atoms with van der Waals surface area (Å²) in [6.45, 7) is 10.1. The van der Waals surface area contributed by atoms with Gasteiger partial charge in [0.05, 0.1) is 0 Å². The van der Waals surface area contributed by atoms with Gasteiger partial charge in [-0.1, -0.05) is 206 Å². The van der Waals surface area contributed by atoms with Gasteiger partial charge in [-0.15, -0.1) is 11.6 Å². The molecule has 1 unspecified atom stereocenters. The summed E-state index contributed by atoms with van der Waals surface area (Å²) in [5.74, 6) is 0. The fraction of sp³-hybridized carbons (Fsp3) is 1.00. The van der Waals surface area contributed by atoms with Crippen LogP contribution in [-0.4, -0.2) is 33.6 Å². The van der Waals surface area contributed by atoms with Gasteiger partial charge in [0.15, 0.2) is 0 Å². The van der Waals surface area contributed by atoms with Gasteiger partial charge in [-0.3, -0.25) is 0 Å². The summed E-state index contributed by atoms with van der Waals surface area (Å²) in [7, 11) is -2.76. The summed E-state index contributed by atoms with van der Waals surface area (Å²) in [4.78, 5) is 0. The number of rotatable bonds is 39. The van der Waals surface area contributed by atoms with Crippen molar-refractivity contribution in [1.82, 2.24) is 0 Å². The Bertz CT molecular complexity index is 533. The predicted octanol–water partition coefficient (Wildman–Crippen LogP) is 14.7. The van der Waals surface area contributed by atoms with E-state index in [0.29, 0.717) is 19.8 Å². The van der Waals surface area contributed by atoms with Crippen molar-refractivity contribution in [2.24, 2.45) is 0 Å². The normalized spacial score (nSPS) is 12.7. The third kappa shape index (κ3) is 30.2. The molecule has 0 heterocycles. The molecule has 3 nitrogen and oxygen atoms in total. The van der Waals surface area contributed by atoms with Gasteiger partial charge in [0, 0.05) is 19.8 Å². The van der Waals surface area contributed by atoms with E-state index in [1.54, 1.807) is 0 Å². The van der Waals surface area contributed by atoms with Crippen LogP contribution < -0.4 is 0 Å². The second kappa shape index (κ2) is 37.2. The summed E-state index contributed by atoms with van der Waals surface area (Å²) >= 11 is 6.75. The van der Waals surface area contributed by atoms with E-state index >= 15 is 0 Å². The Balaban J connectivity index is 3.30. The van der Waals surface area contributed by atoms with Gasteiger partial charge in [-0.05, 0) is 27.2 Å². The van der Waals surface area contributed by atoms with Crippen LogP contribution in [-0.2, 0) is 13.3 Å². The molecular formula is C40H83ClO3Si. The molecule has 0 radical (unpaired) electrons. The Morgan fingerprint density at radius 2 is 0.533 bits per heavy atom. The van der Waals surface area contributed by atoms with Crippen LogP contribution in [0.5, 0.6) is 0 Å². The lowest BCUT2D eigenvalue weighted by molar-refractivity contribution is 0.0679. The molecule has 272 valence electrons. The topological polar surface area (TPSA) is 27.7 Å². The van der Waals surface area contributed by atoms with Gasteiger partial charge in [-0.25, -0.2) is 0 Å². The monoisotopic (exact) mass is 675 g/mol. The molecule has 0 spiro atoms. The Labute approximate surface area is 290 Å². The molecule has 1 atom stereocenters. The lowest BCUT2D eigenvalue weighted by atomic mass is 10.0. The average Bonchev–Trinajstić information content (AvgIpc) is 3.03. The molecule has 0 amide bonds. The van der Waals surface area contributed by atoms with E-state index in [-0.39, 0.29) is 5.00 Å². The fourth-order valence-electron chi connectivity index (χ4n) is 6.70. The molecule has 0 saturated carbocycles. The zero-order valence-electron chi connectivity index (χ0n) is 31.4. The lowest BCUT2D eigenvalue weighted by Crippen LogP contribution is -2.54. The highest BCUT2D eigenvalue weighted by Gasteiger charge is 2.48. The van der Waals surface area contributed by atoms with E-state index < -0.39 is 8.80 Å². The predicted molar refractivity (Wildman–Crippen MR) is 204 cm³/mol. The van der Waals surface area contributed by atoms with Crippen LogP contribution in [0.4, 0.5) is 0 Å². The first-order valence-corrected chi connectivity index (χ1v) is 23.0. The molecule has 0 bridgehead atoms. The van der Waals surface area contributed by atoms with Crippen molar-refractivity contribution in [3.05, 3.63) is 0 Å². The first-order valence-electron chi connectivity index (χ1n) is 20.7. The Morgan fingerprint density at radius 1 is 0.333 bits per heavy atom. The molecule has 0 fully saturated rings. The van der Waals surface area contributed by atoms with Gasteiger partial charge in [-0.2, -0.15) is 0 Å². The maximum Gasteiger partial charge on any atom is 0.519 e. The largest absolute Gasteiger partial charge is 0.519 e. The first kappa shape index (κ1) is 45.4. The summed E-state index contributed by atoms with van der Waals surface area (Å²) in [6.07, 6.45) is 45.4. The van der Waals surface area contributed by atoms with Crippen LogP contribution in [0.1, 0.15) is 233 Å². The first-order chi connectivity index (χ1) is 22.2. The van der Waals surface area contributed by atoms with Crippen molar-refractivity contribution in [1.29, 1.82) is 0 Å². The smallest absolute Gasteiger partial charge is 0.373 e. The zero-order valence-corrected chi connectivity index (χ0v) is 33.2. The summed E-state index contributed by atoms with van der Waals surface area (Å²) in [5, 5.41) is -0.138. The third-order valence-electron chi connectivity index (χ3n) is 9.48. The minimum atomic E-state index is -2.76. The molecule has 0 aliphatic carbocycles. The van der Waals surface area contributed by atoms with Crippen molar-refractivity contribution >= 4 is 20.4 Å². The van der Waals surface area contributed by atoms with E-state index in [9.17, 15) is 0 Å². The van der Waals surface area contributed by atoms with Crippen molar-refractivity contribution < 1.29 is 13.3 Å². The van der Waals surface area contributed by atoms with Crippen LogP contribution >= 0.6 is 11.6 Å². The van der Waals surface area contributed by atoms with Crippen LogP contribution in [0.2, 0.25) is 0 Å². The van der Waals surface area contributed by atoms with Gasteiger partial charge < -0.3 is 13.3 Å². The average molecular weight is 676 g/mol. The van der Waals surface area contributed by atoms with E-state index in [4.69, 9.17) is 24.9 Å². The number of unbranched alkanes of at least 4 members (excludes halogenated alkanes) is 30. The second-order valence-corrected chi connectivity index (χ2v) is 17.4. The Kier molecular flexibility index (Phi) is 37.5. The summed E-state index contributed by atoms with van der Waals surface area (Å²) < 4.78 is 17.9. The number of hydrogen-bond acceptors (Lipinski definition) is 3. The molecule has 0 aliphatic heterocycles. The van der Waals surface area contributed by atoms with Crippen LogP contribution in [0, 0.1) is 0 Å². The number of halogens is 1. The standard InChI is InChI=1S/C40H83ClO3Si/c1-5-9-10-11-12-13-14-15-16-17-18-19-20-21-22-23-24-25-26-27-28-29-30-31-32-33-34-35-36-37-38-39-40(41)45(42-6-2,43-7-3)44-8-4/h40H,5-39H2,1-4H3. The summed E-state index contributed by atoms with van der Waals surface area (Å²) in [5.41, 5.74) is 0. The molecule has 0 aromatic heterocycles. The fourth-order valence-corrected chi connectivity index (χ4v) is 9.98. The third-order valence-corrected chi connectivity index (χ3v) is 13.6. The number of alkyl halides is 1. The SMILES string of the molecule is CCCCCCCCCCCCCCCCCCCCCCCCCCCCCCCCCC(Cl)[Si](OCC)(OCC)OCC. The van der Waals surface area contributed by atoms with Crippen molar-refractivity contribution in [2.45, 2.75) is 238 Å². The zero-order chi connectivity index (χ0) is 32.9. The van der Waals surface area contributed by atoms with Gasteiger partial charge >= 0.3 is 8.80 Å². The van der Waals surface area contributed by atoms with E-state index in [1.165, 1.54) is 193 Å². The minimum Gasteiger partial charge on any atom is -0.373 e. The quantitative estimate of drug-likeness (QED) is 0.0369. The molecule has 0 saturated heterocycles. The van der Waals surface area contributed by atoms with Crippen molar-refractivity contribution in [3.8, 4) is 0 Å². The van der Waals surface area contributed by atoms with Crippen LogP contribution in [0.3, 0.4) is 0 Å². The minimum absolute atomic E-state index is 0.138. The number of hydrogen-bond donors (Lipinski definition) is 0. The molecule has 45 heavy (non-hydrogen) atoms. The summed E-state index contributed by atoms with van der Waals surface area (Å²) in [6, 6.07) is 0. The van der Waals surface area contributed by atoms with E-state index in [0.717, 1.165) is 12.8 Å². The van der Waals surface area contributed by atoms with E-state index in [1.807, 2.05) is 20.8 Å². The highest BCUT2D eigenvalue weighted by atomic mass is 35.5. The van der Waals surface area contributed by atoms with Crippen molar-refractivity contribution in [3.63, 3.8) is 0 Å². The molecule has 0 N–H and O–H groups in total.